The van der Waals surface area contributed by atoms with Crippen LogP contribution in [-0.4, -0.2) is 30.1 Å². The quantitative estimate of drug-likeness (QED) is 0.682. The van der Waals surface area contributed by atoms with E-state index in [0.717, 1.165) is 19.3 Å². The molecule has 0 spiro atoms. The Morgan fingerprint density at radius 1 is 1.43 bits per heavy atom. The number of nitrogens with one attached hydrogen (secondary N) is 1. The first-order valence-electron chi connectivity index (χ1n) is 6.53. The molecule has 1 unspecified atom stereocenters. The molecule has 0 radical (unpaired) electrons. The lowest BCUT2D eigenvalue weighted by Gasteiger charge is -2.22. The number of halogens is 2. The SMILES string of the molecule is O=C(NCC1CCCCO1)c1c(F)ccc([N+](=O)[O-])c1F. The third-order valence-corrected chi connectivity index (χ3v) is 3.26. The number of hydrogen-bond donors (Lipinski definition) is 1. The van der Waals surface area contributed by atoms with Crippen molar-refractivity contribution in [3.05, 3.63) is 39.4 Å². The first-order chi connectivity index (χ1) is 10.0. The monoisotopic (exact) mass is 300 g/mol. The molecule has 1 saturated heterocycles. The van der Waals surface area contributed by atoms with Gasteiger partial charge >= 0.3 is 5.69 Å². The number of hydrogen-bond acceptors (Lipinski definition) is 4. The number of rotatable bonds is 4. The van der Waals surface area contributed by atoms with E-state index in [1.165, 1.54) is 0 Å². The molecule has 0 saturated carbocycles. The van der Waals surface area contributed by atoms with Crippen LogP contribution < -0.4 is 5.32 Å². The van der Waals surface area contributed by atoms with Crippen LogP contribution in [0.25, 0.3) is 0 Å². The molecular formula is C13H14F2N2O4. The summed E-state index contributed by atoms with van der Waals surface area (Å²) < 4.78 is 32.8. The second-order valence-electron chi connectivity index (χ2n) is 4.71. The van der Waals surface area contributed by atoms with Gasteiger partial charge in [-0.25, -0.2) is 4.39 Å². The maximum Gasteiger partial charge on any atom is 0.305 e. The Hall–Kier alpha value is -2.09. The predicted molar refractivity (Wildman–Crippen MR) is 68.9 cm³/mol. The Bertz CT molecular complexity index is 559. The molecule has 1 atom stereocenters. The van der Waals surface area contributed by atoms with Gasteiger partial charge in [-0.15, -0.1) is 0 Å². The zero-order valence-corrected chi connectivity index (χ0v) is 11.1. The fourth-order valence-electron chi connectivity index (χ4n) is 2.15. The van der Waals surface area contributed by atoms with Gasteiger partial charge in [0.1, 0.15) is 11.4 Å². The van der Waals surface area contributed by atoms with Crippen LogP contribution in [0.15, 0.2) is 12.1 Å². The number of nitro benzene ring substituents is 1. The first-order valence-corrected chi connectivity index (χ1v) is 6.53. The van der Waals surface area contributed by atoms with Gasteiger partial charge in [-0.1, -0.05) is 0 Å². The van der Waals surface area contributed by atoms with Crippen molar-refractivity contribution < 1.29 is 23.2 Å². The maximum absolute atomic E-state index is 13.8. The average molecular weight is 300 g/mol. The molecule has 1 aromatic carbocycles. The Kier molecular flexibility index (Phi) is 4.79. The number of nitro groups is 1. The lowest BCUT2D eigenvalue weighted by Crippen LogP contribution is -2.36. The highest BCUT2D eigenvalue weighted by Crippen LogP contribution is 2.23. The first kappa shape index (κ1) is 15.3. The van der Waals surface area contributed by atoms with E-state index in [4.69, 9.17) is 4.74 Å². The smallest absolute Gasteiger partial charge is 0.305 e. The van der Waals surface area contributed by atoms with E-state index in [2.05, 4.69) is 5.32 Å². The second kappa shape index (κ2) is 6.57. The number of amides is 1. The van der Waals surface area contributed by atoms with Crippen molar-refractivity contribution in [2.24, 2.45) is 0 Å². The van der Waals surface area contributed by atoms with E-state index in [1.54, 1.807) is 0 Å². The number of carbonyl (C=O) groups excluding carboxylic acids is 1. The van der Waals surface area contributed by atoms with Gasteiger partial charge in [0.05, 0.1) is 11.0 Å². The number of carbonyl (C=O) groups is 1. The Morgan fingerprint density at radius 2 is 2.19 bits per heavy atom. The maximum atomic E-state index is 13.8. The minimum atomic E-state index is -1.47. The molecule has 0 aliphatic carbocycles. The van der Waals surface area contributed by atoms with Crippen LogP contribution in [0.2, 0.25) is 0 Å². The van der Waals surface area contributed by atoms with Crippen molar-refractivity contribution >= 4 is 11.6 Å². The van der Waals surface area contributed by atoms with Crippen LogP contribution >= 0.6 is 0 Å². The summed E-state index contributed by atoms with van der Waals surface area (Å²) in [7, 11) is 0. The van der Waals surface area contributed by atoms with Gasteiger partial charge in [0.25, 0.3) is 5.91 Å². The minimum Gasteiger partial charge on any atom is -0.376 e. The number of ether oxygens (including phenoxy) is 1. The Balaban J connectivity index is 2.11. The van der Waals surface area contributed by atoms with Gasteiger partial charge in [-0.3, -0.25) is 14.9 Å². The molecule has 8 heteroatoms. The molecule has 1 N–H and O–H groups in total. The van der Waals surface area contributed by atoms with Crippen LogP contribution in [0.4, 0.5) is 14.5 Å². The van der Waals surface area contributed by atoms with E-state index in [0.29, 0.717) is 18.7 Å². The van der Waals surface area contributed by atoms with Crippen molar-refractivity contribution in [2.45, 2.75) is 25.4 Å². The highest BCUT2D eigenvalue weighted by Gasteiger charge is 2.26. The standard InChI is InChI=1S/C13H14F2N2O4/c14-9-4-5-10(17(19)20)12(15)11(9)13(18)16-7-8-3-1-2-6-21-8/h4-5,8H,1-3,6-7H2,(H,16,18). The normalized spacial score (nSPS) is 18.3. The molecule has 1 aliphatic rings. The molecule has 1 aliphatic heterocycles. The molecule has 21 heavy (non-hydrogen) atoms. The summed E-state index contributed by atoms with van der Waals surface area (Å²) in [5.41, 5.74) is -1.88. The van der Waals surface area contributed by atoms with Crippen LogP contribution in [0.1, 0.15) is 29.6 Å². The fraction of sp³-hybridized carbons (Fsp3) is 0.462. The summed E-state index contributed by atoms with van der Waals surface area (Å²) in [6.07, 6.45) is 2.45. The van der Waals surface area contributed by atoms with Gasteiger partial charge in [-0.05, 0) is 25.3 Å². The Morgan fingerprint density at radius 3 is 2.81 bits per heavy atom. The van der Waals surface area contributed by atoms with Gasteiger partial charge in [0.15, 0.2) is 0 Å². The van der Waals surface area contributed by atoms with Gasteiger partial charge in [0.2, 0.25) is 5.82 Å². The molecule has 1 heterocycles. The Labute approximate surface area is 119 Å². The van der Waals surface area contributed by atoms with Crippen molar-refractivity contribution in [1.29, 1.82) is 0 Å². The summed E-state index contributed by atoms with van der Waals surface area (Å²) in [5.74, 6) is -3.63. The molecule has 1 amide bonds. The van der Waals surface area contributed by atoms with E-state index in [-0.39, 0.29) is 12.6 Å². The van der Waals surface area contributed by atoms with Crippen molar-refractivity contribution in [1.82, 2.24) is 5.32 Å². The third kappa shape index (κ3) is 3.52. The van der Waals surface area contributed by atoms with Crippen LogP contribution in [0, 0.1) is 21.7 Å². The summed E-state index contributed by atoms with van der Waals surface area (Å²) >= 11 is 0. The van der Waals surface area contributed by atoms with Crippen molar-refractivity contribution in [3.63, 3.8) is 0 Å². The molecule has 114 valence electrons. The third-order valence-electron chi connectivity index (χ3n) is 3.26. The minimum absolute atomic E-state index is 0.112. The molecular weight excluding hydrogens is 286 g/mol. The molecule has 0 bridgehead atoms. The largest absolute Gasteiger partial charge is 0.376 e. The average Bonchev–Trinajstić information content (AvgIpc) is 2.46. The van der Waals surface area contributed by atoms with Gasteiger partial charge in [-0.2, -0.15) is 4.39 Å². The molecule has 0 aromatic heterocycles. The lowest BCUT2D eigenvalue weighted by atomic mass is 10.1. The van der Waals surface area contributed by atoms with Crippen LogP contribution in [-0.2, 0) is 4.74 Å². The summed E-state index contributed by atoms with van der Waals surface area (Å²) in [4.78, 5) is 21.4. The summed E-state index contributed by atoms with van der Waals surface area (Å²) in [5, 5.41) is 13.0. The topological polar surface area (TPSA) is 81.5 Å². The van der Waals surface area contributed by atoms with Crippen molar-refractivity contribution in [3.8, 4) is 0 Å². The molecule has 1 fully saturated rings. The number of benzene rings is 1. The summed E-state index contributed by atoms with van der Waals surface area (Å²) in [6, 6.07) is 1.39. The highest BCUT2D eigenvalue weighted by atomic mass is 19.1. The molecule has 2 rings (SSSR count). The predicted octanol–water partition coefficient (Wildman–Crippen LogP) is 2.17. The highest BCUT2D eigenvalue weighted by molar-refractivity contribution is 5.95. The van der Waals surface area contributed by atoms with Gasteiger partial charge in [0, 0.05) is 19.2 Å². The lowest BCUT2D eigenvalue weighted by molar-refractivity contribution is -0.387. The van der Waals surface area contributed by atoms with Crippen LogP contribution in [0.3, 0.4) is 0 Å². The molecule has 6 nitrogen and oxygen atoms in total. The van der Waals surface area contributed by atoms with Crippen molar-refractivity contribution in [2.75, 3.05) is 13.2 Å². The van der Waals surface area contributed by atoms with E-state index >= 15 is 0 Å². The second-order valence-corrected chi connectivity index (χ2v) is 4.71. The van der Waals surface area contributed by atoms with Gasteiger partial charge < -0.3 is 10.1 Å². The van der Waals surface area contributed by atoms with Crippen LogP contribution in [0.5, 0.6) is 0 Å². The van der Waals surface area contributed by atoms with E-state index < -0.39 is 33.7 Å². The zero-order valence-electron chi connectivity index (χ0n) is 11.1. The van der Waals surface area contributed by atoms with E-state index in [9.17, 15) is 23.7 Å². The fourth-order valence-corrected chi connectivity index (χ4v) is 2.15. The summed E-state index contributed by atoms with van der Waals surface area (Å²) in [6.45, 7) is 0.695. The number of nitrogens with zero attached hydrogens (tertiary/aromatic N) is 1. The zero-order chi connectivity index (χ0) is 15.4. The molecule has 1 aromatic rings. The van der Waals surface area contributed by atoms with E-state index in [1.807, 2.05) is 0 Å².